The summed E-state index contributed by atoms with van der Waals surface area (Å²) in [6.45, 7) is 0. The van der Waals surface area contributed by atoms with Crippen LogP contribution in [0.5, 0.6) is 0 Å². The quantitative estimate of drug-likeness (QED) is 0.234. The monoisotopic (exact) mass is 76.0 g/mol. The van der Waals surface area contributed by atoms with Gasteiger partial charge < -0.3 is 6.08 Å². The maximum Gasteiger partial charge on any atom is 1.00 e. The normalized spacial score (nSPS) is 16.0. The summed E-state index contributed by atoms with van der Waals surface area (Å²) in [5.74, 6) is 0. The largest absolute Gasteiger partial charge is 1.00 e. The van der Waals surface area contributed by atoms with Crippen molar-refractivity contribution in [3.63, 3.8) is 0 Å². The first-order chi connectivity index (χ1) is 2.00. The van der Waals surface area contributed by atoms with E-state index in [0.717, 1.165) is 0 Å². The Morgan fingerprint density at radius 2 is 1.80 bits per heavy atom. The van der Waals surface area contributed by atoms with Gasteiger partial charge in [0.25, 0.3) is 0 Å². The van der Waals surface area contributed by atoms with Gasteiger partial charge in [-0.2, -0.15) is 6.42 Å². The zero-order valence-electron chi connectivity index (χ0n) is 3.49. The Labute approximate surface area is 54.6 Å². The molecule has 1 aliphatic rings. The van der Waals surface area contributed by atoms with Crippen LogP contribution in [0.1, 0.15) is 12.8 Å². The van der Waals surface area contributed by atoms with Crippen molar-refractivity contribution in [1.29, 1.82) is 0 Å². The zero-order valence-corrected chi connectivity index (χ0v) is 5.49. The summed E-state index contributed by atoms with van der Waals surface area (Å²) >= 11 is 0. The second kappa shape index (κ2) is 2.95. The van der Waals surface area contributed by atoms with Gasteiger partial charge in [-0.3, -0.25) is 6.08 Å². The van der Waals surface area contributed by atoms with Gasteiger partial charge in [-0.25, -0.2) is 0 Å². The van der Waals surface area contributed by atoms with Crippen LogP contribution in [0.4, 0.5) is 0 Å². The minimum Gasteiger partial charge on any atom is -0.500 e. The van der Waals surface area contributed by atoms with Crippen molar-refractivity contribution < 1.29 is 29.6 Å². The Morgan fingerprint density at radius 1 is 1.60 bits per heavy atom. The first-order valence-electron chi connectivity index (χ1n) is 1.55. The van der Waals surface area contributed by atoms with E-state index in [4.69, 9.17) is 0 Å². The Morgan fingerprint density at radius 3 is 1.80 bits per heavy atom. The van der Waals surface area contributed by atoms with Gasteiger partial charge in [0.1, 0.15) is 0 Å². The third-order valence-corrected chi connectivity index (χ3v) is 0.577. The molecular formula is C4H5Na. The average Bonchev–Trinajstić information content (AvgIpc) is 0.722. The molecule has 0 amide bonds. The number of rotatable bonds is 0. The SMILES string of the molecule is [C-]1=CCC1.[Na+]. The standard InChI is InChI=1S/C4H5.Na/c1-2-4-3-1;/h1H,2,4H2;/q-1;+1. The van der Waals surface area contributed by atoms with Crippen LogP contribution >= 0.6 is 0 Å². The number of hydrogen-bond acceptors (Lipinski definition) is 0. The van der Waals surface area contributed by atoms with Crippen LogP contribution in [0.25, 0.3) is 0 Å². The Hall–Kier alpha value is 0.740. The second-order valence-corrected chi connectivity index (χ2v) is 0.947. The van der Waals surface area contributed by atoms with Crippen molar-refractivity contribution in [2.24, 2.45) is 0 Å². The van der Waals surface area contributed by atoms with Crippen LogP contribution in [-0.2, 0) is 0 Å². The van der Waals surface area contributed by atoms with Gasteiger partial charge in [0.15, 0.2) is 0 Å². The molecule has 1 aliphatic carbocycles. The van der Waals surface area contributed by atoms with Crippen LogP contribution in [0.3, 0.4) is 0 Å². The Balaban J connectivity index is 0.000000160. The Kier molecular flexibility index (Phi) is 3.39. The topological polar surface area (TPSA) is 0 Å². The molecule has 0 aromatic rings. The van der Waals surface area contributed by atoms with E-state index in [1.807, 2.05) is 0 Å². The van der Waals surface area contributed by atoms with Crippen molar-refractivity contribution in [3.8, 4) is 0 Å². The summed E-state index contributed by atoms with van der Waals surface area (Å²) in [6, 6.07) is 0. The van der Waals surface area contributed by atoms with Crippen LogP contribution in [0.2, 0.25) is 0 Å². The second-order valence-electron chi connectivity index (χ2n) is 0.947. The summed E-state index contributed by atoms with van der Waals surface area (Å²) in [5, 5.41) is 0. The van der Waals surface area contributed by atoms with Crippen LogP contribution < -0.4 is 29.6 Å². The molecule has 0 aromatic heterocycles. The molecule has 0 bridgehead atoms. The third-order valence-electron chi connectivity index (χ3n) is 0.577. The molecule has 0 spiro atoms. The summed E-state index contributed by atoms with van der Waals surface area (Å²) in [6.07, 6.45) is 7.50. The van der Waals surface area contributed by atoms with Gasteiger partial charge in [0, 0.05) is 0 Å². The van der Waals surface area contributed by atoms with E-state index in [1.54, 1.807) is 0 Å². The minimum absolute atomic E-state index is 0. The van der Waals surface area contributed by atoms with E-state index in [0.29, 0.717) is 0 Å². The fourth-order valence-electron chi connectivity index (χ4n) is 0.144. The summed E-state index contributed by atoms with van der Waals surface area (Å²) in [7, 11) is 0. The fraction of sp³-hybridized carbons (Fsp3) is 0.500. The van der Waals surface area contributed by atoms with E-state index in [1.165, 1.54) is 12.8 Å². The van der Waals surface area contributed by atoms with Gasteiger partial charge in [0.2, 0.25) is 0 Å². The molecule has 0 unspecified atom stereocenters. The molecule has 0 nitrogen and oxygen atoms in total. The Bertz CT molecular complexity index is 32.9. The molecule has 0 aromatic carbocycles. The molecule has 0 saturated carbocycles. The molecular weight excluding hydrogens is 71.0 g/mol. The molecule has 0 atom stereocenters. The molecule has 0 N–H and O–H groups in total. The van der Waals surface area contributed by atoms with Crippen LogP contribution in [-0.4, -0.2) is 0 Å². The number of hydrogen-bond donors (Lipinski definition) is 0. The van der Waals surface area contributed by atoms with Crippen LogP contribution in [0, 0.1) is 6.08 Å². The van der Waals surface area contributed by atoms with E-state index < -0.39 is 0 Å². The van der Waals surface area contributed by atoms with Gasteiger partial charge >= 0.3 is 29.6 Å². The molecule has 0 aliphatic heterocycles. The summed E-state index contributed by atoms with van der Waals surface area (Å²) in [5.41, 5.74) is 0. The van der Waals surface area contributed by atoms with Gasteiger partial charge in [-0.05, 0) is 0 Å². The maximum atomic E-state index is 2.99. The van der Waals surface area contributed by atoms with Crippen molar-refractivity contribution in [2.75, 3.05) is 0 Å². The van der Waals surface area contributed by atoms with Gasteiger partial charge in [-0.1, -0.05) is 6.42 Å². The molecule has 0 heterocycles. The zero-order chi connectivity index (χ0) is 2.83. The van der Waals surface area contributed by atoms with Crippen molar-refractivity contribution in [2.45, 2.75) is 12.8 Å². The molecule has 1 rings (SSSR count). The van der Waals surface area contributed by atoms with E-state index in [-0.39, 0.29) is 29.6 Å². The minimum atomic E-state index is 0. The van der Waals surface area contributed by atoms with Crippen molar-refractivity contribution in [3.05, 3.63) is 12.2 Å². The van der Waals surface area contributed by atoms with Crippen molar-refractivity contribution >= 4 is 0 Å². The maximum absolute atomic E-state index is 2.99. The average molecular weight is 76.1 g/mol. The molecule has 22 valence electrons. The third kappa shape index (κ3) is 1.58. The molecule has 1 heteroatoms. The molecule has 0 fully saturated rings. The van der Waals surface area contributed by atoms with Crippen LogP contribution in [0.15, 0.2) is 6.08 Å². The first kappa shape index (κ1) is 5.74. The summed E-state index contributed by atoms with van der Waals surface area (Å²) in [4.78, 5) is 0. The summed E-state index contributed by atoms with van der Waals surface area (Å²) < 4.78 is 0. The first-order valence-corrected chi connectivity index (χ1v) is 1.55. The predicted octanol–water partition coefficient (Wildman–Crippen LogP) is -1.86. The smallest absolute Gasteiger partial charge is 0.500 e. The number of allylic oxidation sites excluding steroid dienone is 2. The molecule has 0 radical (unpaired) electrons. The molecule has 5 heavy (non-hydrogen) atoms. The van der Waals surface area contributed by atoms with E-state index in [2.05, 4.69) is 12.2 Å². The van der Waals surface area contributed by atoms with E-state index >= 15 is 0 Å². The molecule has 0 saturated heterocycles. The van der Waals surface area contributed by atoms with Crippen molar-refractivity contribution in [1.82, 2.24) is 0 Å². The van der Waals surface area contributed by atoms with Gasteiger partial charge in [0.05, 0.1) is 0 Å². The fourth-order valence-corrected chi connectivity index (χ4v) is 0.144. The van der Waals surface area contributed by atoms with Gasteiger partial charge in [-0.15, -0.1) is 0 Å². The van der Waals surface area contributed by atoms with E-state index in [9.17, 15) is 0 Å². The predicted molar refractivity (Wildman–Crippen MR) is 17.0 cm³/mol.